The fourth-order valence-corrected chi connectivity index (χ4v) is 2.69. The molecule has 0 radical (unpaired) electrons. The van der Waals surface area contributed by atoms with E-state index < -0.39 is 6.04 Å². The van der Waals surface area contributed by atoms with Crippen molar-refractivity contribution in [1.29, 1.82) is 0 Å². The summed E-state index contributed by atoms with van der Waals surface area (Å²) in [4.78, 5) is 27.4. The van der Waals surface area contributed by atoms with Crippen molar-refractivity contribution < 1.29 is 14.3 Å². The normalized spacial score (nSPS) is 11.5. The molecule has 0 saturated heterocycles. The number of likely N-dealkylation sites (N-methyl/N-ethyl adjacent to an activating group) is 1. The minimum atomic E-state index is -0.737. The lowest BCUT2D eigenvalue weighted by Gasteiger charge is -2.26. The first-order chi connectivity index (χ1) is 12.1. The number of carbonyl (C=O) groups is 2. The van der Waals surface area contributed by atoms with Gasteiger partial charge >= 0.3 is 0 Å². The second-order valence-electron chi connectivity index (χ2n) is 5.53. The lowest BCUT2D eigenvalue weighted by molar-refractivity contribution is -0.133. The predicted octanol–water partition coefficient (Wildman–Crippen LogP) is 3.03. The summed E-state index contributed by atoms with van der Waals surface area (Å²) in [6, 6.07) is 15.5. The van der Waals surface area contributed by atoms with Gasteiger partial charge in [0, 0.05) is 13.1 Å². The molecule has 0 heterocycles. The summed E-state index contributed by atoms with van der Waals surface area (Å²) in [5, 5.41) is 2.86. The van der Waals surface area contributed by atoms with Crippen molar-refractivity contribution in [2.75, 3.05) is 20.2 Å². The molecule has 1 N–H and O–H groups in total. The lowest BCUT2D eigenvalue weighted by Crippen LogP contribution is -2.43. The maximum Gasteiger partial charge on any atom is 0.255 e. The SMILES string of the molecule is CCN(CC)C(=O)[C@@H](NC(=O)c1ccccc1OC)c1ccccc1. The molecule has 0 aliphatic carbocycles. The molecule has 5 nitrogen and oxygen atoms in total. The topological polar surface area (TPSA) is 58.6 Å². The highest BCUT2D eigenvalue weighted by Crippen LogP contribution is 2.21. The molecule has 2 amide bonds. The fourth-order valence-electron chi connectivity index (χ4n) is 2.69. The first-order valence-electron chi connectivity index (χ1n) is 8.39. The maximum atomic E-state index is 12.9. The van der Waals surface area contributed by atoms with E-state index in [0.717, 1.165) is 5.56 Å². The first kappa shape index (κ1) is 18.5. The third-order valence-corrected chi connectivity index (χ3v) is 4.08. The predicted molar refractivity (Wildman–Crippen MR) is 97.6 cm³/mol. The Balaban J connectivity index is 2.33. The zero-order valence-electron chi connectivity index (χ0n) is 14.9. The number of benzene rings is 2. The van der Waals surface area contributed by atoms with Gasteiger partial charge in [0.15, 0.2) is 0 Å². The monoisotopic (exact) mass is 340 g/mol. The van der Waals surface area contributed by atoms with E-state index in [9.17, 15) is 9.59 Å². The van der Waals surface area contributed by atoms with Crippen LogP contribution in [-0.2, 0) is 4.79 Å². The smallest absolute Gasteiger partial charge is 0.255 e. The summed E-state index contributed by atoms with van der Waals surface area (Å²) < 4.78 is 5.25. The fraction of sp³-hybridized carbons (Fsp3) is 0.300. The van der Waals surface area contributed by atoms with E-state index in [2.05, 4.69) is 5.32 Å². The van der Waals surface area contributed by atoms with Crippen molar-refractivity contribution in [2.45, 2.75) is 19.9 Å². The highest BCUT2D eigenvalue weighted by Gasteiger charge is 2.27. The Morgan fingerprint density at radius 1 is 1.00 bits per heavy atom. The Morgan fingerprint density at radius 2 is 1.60 bits per heavy atom. The number of amides is 2. The minimum absolute atomic E-state index is 0.126. The summed E-state index contributed by atoms with van der Waals surface area (Å²) in [6.07, 6.45) is 0. The molecular weight excluding hydrogens is 316 g/mol. The molecule has 0 aliphatic rings. The number of hydrogen-bond donors (Lipinski definition) is 1. The van der Waals surface area contributed by atoms with Crippen LogP contribution in [0.15, 0.2) is 54.6 Å². The van der Waals surface area contributed by atoms with Crippen molar-refractivity contribution >= 4 is 11.8 Å². The summed E-state index contributed by atoms with van der Waals surface area (Å²) >= 11 is 0. The van der Waals surface area contributed by atoms with Crippen molar-refractivity contribution in [3.63, 3.8) is 0 Å². The highest BCUT2D eigenvalue weighted by atomic mass is 16.5. The van der Waals surface area contributed by atoms with Gasteiger partial charge in [-0.25, -0.2) is 0 Å². The van der Waals surface area contributed by atoms with Gasteiger partial charge in [-0.2, -0.15) is 0 Å². The van der Waals surface area contributed by atoms with E-state index in [1.54, 1.807) is 29.2 Å². The minimum Gasteiger partial charge on any atom is -0.496 e. The summed E-state index contributed by atoms with van der Waals surface area (Å²) in [5.74, 6) is 0.00774. The van der Waals surface area contributed by atoms with E-state index >= 15 is 0 Å². The number of nitrogens with zero attached hydrogens (tertiary/aromatic N) is 1. The Kier molecular flexibility index (Phi) is 6.57. The second-order valence-corrected chi connectivity index (χ2v) is 5.53. The lowest BCUT2D eigenvalue weighted by atomic mass is 10.0. The maximum absolute atomic E-state index is 12.9. The van der Waals surface area contributed by atoms with E-state index in [0.29, 0.717) is 24.4 Å². The molecule has 0 unspecified atom stereocenters. The van der Waals surface area contributed by atoms with Crippen LogP contribution in [0.3, 0.4) is 0 Å². The van der Waals surface area contributed by atoms with Gasteiger partial charge in [-0.05, 0) is 31.5 Å². The van der Waals surface area contributed by atoms with Gasteiger partial charge in [0.2, 0.25) is 5.91 Å². The quantitative estimate of drug-likeness (QED) is 0.843. The average Bonchev–Trinajstić information content (AvgIpc) is 2.67. The highest BCUT2D eigenvalue weighted by molar-refractivity contribution is 5.99. The number of para-hydroxylation sites is 1. The Labute approximate surface area is 148 Å². The third-order valence-electron chi connectivity index (χ3n) is 4.08. The van der Waals surface area contributed by atoms with Gasteiger partial charge < -0.3 is 15.0 Å². The van der Waals surface area contributed by atoms with Crippen molar-refractivity contribution in [3.05, 3.63) is 65.7 Å². The molecule has 0 spiro atoms. The number of hydrogen-bond acceptors (Lipinski definition) is 3. The molecule has 2 aromatic rings. The number of carbonyl (C=O) groups excluding carboxylic acids is 2. The molecule has 0 aliphatic heterocycles. The largest absolute Gasteiger partial charge is 0.496 e. The molecule has 25 heavy (non-hydrogen) atoms. The Bertz CT molecular complexity index is 712. The van der Waals surface area contributed by atoms with Gasteiger partial charge in [0.05, 0.1) is 12.7 Å². The summed E-state index contributed by atoms with van der Waals surface area (Å²) in [6.45, 7) is 5.02. The van der Waals surface area contributed by atoms with E-state index in [-0.39, 0.29) is 11.8 Å². The molecule has 0 bridgehead atoms. The zero-order chi connectivity index (χ0) is 18.2. The molecule has 2 aromatic carbocycles. The molecular formula is C20H24N2O3. The second kappa shape index (κ2) is 8.87. The Morgan fingerprint density at radius 3 is 2.20 bits per heavy atom. The summed E-state index contributed by atoms with van der Waals surface area (Å²) in [7, 11) is 1.52. The third kappa shape index (κ3) is 4.38. The van der Waals surface area contributed by atoms with Gasteiger partial charge in [0.25, 0.3) is 5.91 Å². The van der Waals surface area contributed by atoms with Crippen molar-refractivity contribution in [1.82, 2.24) is 10.2 Å². The average molecular weight is 340 g/mol. The summed E-state index contributed by atoms with van der Waals surface area (Å²) in [5.41, 5.74) is 1.15. The number of ether oxygens (including phenoxy) is 1. The molecule has 0 aromatic heterocycles. The molecule has 2 rings (SSSR count). The Hall–Kier alpha value is -2.82. The zero-order valence-corrected chi connectivity index (χ0v) is 14.9. The van der Waals surface area contributed by atoms with Crippen LogP contribution in [0.2, 0.25) is 0 Å². The molecule has 1 atom stereocenters. The molecule has 132 valence electrons. The van der Waals surface area contributed by atoms with E-state index in [4.69, 9.17) is 4.74 Å². The van der Waals surface area contributed by atoms with Crippen LogP contribution < -0.4 is 10.1 Å². The van der Waals surface area contributed by atoms with Crippen LogP contribution in [0.5, 0.6) is 5.75 Å². The molecule has 0 fully saturated rings. The molecule has 0 saturated carbocycles. The van der Waals surface area contributed by atoms with Crippen LogP contribution in [0.25, 0.3) is 0 Å². The standard InChI is InChI=1S/C20H24N2O3/c1-4-22(5-2)20(24)18(15-11-7-6-8-12-15)21-19(23)16-13-9-10-14-17(16)25-3/h6-14,18H,4-5H2,1-3H3,(H,21,23)/t18-/m0/s1. The van der Waals surface area contributed by atoms with Crippen LogP contribution >= 0.6 is 0 Å². The van der Waals surface area contributed by atoms with Crippen LogP contribution in [0.1, 0.15) is 35.8 Å². The number of nitrogens with one attached hydrogen (secondary N) is 1. The van der Waals surface area contributed by atoms with Crippen LogP contribution in [-0.4, -0.2) is 36.9 Å². The number of rotatable bonds is 7. The van der Waals surface area contributed by atoms with Gasteiger partial charge in [-0.15, -0.1) is 0 Å². The first-order valence-corrected chi connectivity index (χ1v) is 8.39. The van der Waals surface area contributed by atoms with E-state index in [1.165, 1.54) is 7.11 Å². The van der Waals surface area contributed by atoms with Gasteiger partial charge in [-0.3, -0.25) is 9.59 Å². The van der Waals surface area contributed by atoms with Crippen LogP contribution in [0.4, 0.5) is 0 Å². The van der Waals surface area contributed by atoms with Crippen LogP contribution in [0, 0.1) is 0 Å². The number of methoxy groups -OCH3 is 1. The van der Waals surface area contributed by atoms with Crippen molar-refractivity contribution in [2.24, 2.45) is 0 Å². The van der Waals surface area contributed by atoms with Crippen molar-refractivity contribution in [3.8, 4) is 5.75 Å². The van der Waals surface area contributed by atoms with E-state index in [1.807, 2.05) is 44.2 Å². The van der Waals surface area contributed by atoms with Gasteiger partial charge in [0.1, 0.15) is 11.8 Å². The molecule has 5 heteroatoms. The van der Waals surface area contributed by atoms with Gasteiger partial charge in [-0.1, -0.05) is 42.5 Å².